The highest BCUT2D eigenvalue weighted by Gasteiger charge is 2.73. The predicted octanol–water partition coefficient (Wildman–Crippen LogP) is 3.01. The molecular formula is C24H38O7. The molecule has 2 spiro atoms. The van der Waals surface area contributed by atoms with E-state index >= 15 is 0 Å². The van der Waals surface area contributed by atoms with Crippen molar-refractivity contribution < 1.29 is 33.6 Å². The zero-order chi connectivity index (χ0) is 22.8. The van der Waals surface area contributed by atoms with Crippen LogP contribution >= 0.6 is 0 Å². The van der Waals surface area contributed by atoms with Crippen molar-refractivity contribution in [3.05, 3.63) is 0 Å². The van der Waals surface area contributed by atoms with Crippen LogP contribution in [0.1, 0.15) is 73.6 Å². The SMILES string of the molecule is CCO[C@H]1C[C@@]2(CC[C@@]3(O2)[C@H](C)[C@@H](O)C(=O)[C@H]2C(C)(C)[C@H](OC(C)=O)CC[C@@]23C)CO1. The van der Waals surface area contributed by atoms with Crippen LogP contribution in [0, 0.1) is 22.7 Å². The molecule has 0 bridgehead atoms. The van der Waals surface area contributed by atoms with E-state index in [0.717, 1.165) is 12.8 Å². The minimum absolute atomic E-state index is 0.151. The van der Waals surface area contributed by atoms with Crippen molar-refractivity contribution >= 4 is 11.8 Å². The number of fused-ring (bicyclic) bond motifs is 2. The third-order valence-electron chi connectivity index (χ3n) is 8.97. The molecule has 4 rings (SSSR count). The van der Waals surface area contributed by atoms with Crippen molar-refractivity contribution in [2.75, 3.05) is 13.2 Å². The molecule has 176 valence electrons. The molecule has 0 aromatic rings. The lowest BCUT2D eigenvalue weighted by atomic mass is 9.43. The zero-order valence-electron chi connectivity index (χ0n) is 19.7. The summed E-state index contributed by atoms with van der Waals surface area (Å²) >= 11 is 0. The Hall–Kier alpha value is -1.02. The number of carbonyl (C=O) groups excluding carboxylic acids is 2. The molecule has 7 nitrogen and oxygen atoms in total. The molecule has 2 aliphatic carbocycles. The fraction of sp³-hybridized carbons (Fsp3) is 0.917. The van der Waals surface area contributed by atoms with Gasteiger partial charge in [0.15, 0.2) is 12.1 Å². The van der Waals surface area contributed by atoms with E-state index in [2.05, 4.69) is 6.92 Å². The fourth-order valence-electron chi connectivity index (χ4n) is 7.52. The van der Waals surface area contributed by atoms with Crippen LogP contribution in [-0.4, -0.2) is 59.8 Å². The summed E-state index contributed by atoms with van der Waals surface area (Å²) in [4.78, 5) is 25.3. The standard InChI is InChI=1S/C24H38O7/c1-7-28-17-12-23(13-29-17)10-11-24(31-23)14(2)18(26)19(27)20-21(4,5)16(30-15(3)25)8-9-22(20,24)6/h14,16-18,20,26H,7-13H2,1-6H3/t14-,16-,17-,18-,20+,22+,23+,24-/m1/s1. The molecule has 0 aromatic carbocycles. The Morgan fingerprint density at radius 3 is 2.58 bits per heavy atom. The molecule has 2 heterocycles. The lowest BCUT2D eigenvalue weighted by Gasteiger charge is -2.64. The summed E-state index contributed by atoms with van der Waals surface area (Å²) in [7, 11) is 0. The lowest BCUT2D eigenvalue weighted by molar-refractivity contribution is -0.266. The highest BCUT2D eigenvalue weighted by Crippen LogP contribution is 2.67. The molecule has 0 radical (unpaired) electrons. The number of ether oxygens (including phenoxy) is 4. The van der Waals surface area contributed by atoms with E-state index in [9.17, 15) is 14.7 Å². The van der Waals surface area contributed by atoms with Crippen LogP contribution in [0.15, 0.2) is 0 Å². The third kappa shape index (κ3) is 3.22. The van der Waals surface area contributed by atoms with Crippen molar-refractivity contribution in [3.8, 4) is 0 Å². The number of hydrogen-bond donors (Lipinski definition) is 1. The first-order valence-corrected chi connectivity index (χ1v) is 11.7. The molecule has 0 amide bonds. The average molecular weight is 439 g/mol. The molecule has 4 aliphatic rings. The van der Waals surface area contributed by atoms with Crippen molar-refractivity contribution in [2.24, 2.45) is 22.7 Å². The second kappa shape index (κ2) is 7.51. The van der Waals surface area contributed by atoms with Gasteiger partial charge in [-0.05, 0) is 32.6 Å². The van der Waals surface area contributed by atoms with Gasteiger partial charge in [0.05, 0.1) is 17.8 Å². The van der Waals surface area contributed by atoms with Crippen molar-refractivity contribution in [3.63, 3.8) is 0 Å². The van der Waals surface area contributed by atoms with Gasteiger partial charge in [0.25, 0.3) is 0 Å². The van der Waals surface area contributed by atoms with E-state index in [4.69, 9.17) is 18.9 Å². The quantitative estimate of drug-likeness (QED) is 0.677. The first kappa shape index (κ1) is 23.1. The third-order valence-corrected chi connectivity index (χ3v) is 8.97. The molecule has 31 heavy (non-hydrogen) atoms. The Morgan fingerprint density at radius 1 is 1.23 bits per heavy atom. The number of carbonyl (C=O) groups is 2. The number of aliphatic hydroxyl groups excluding tert-OH is 1. The number of ketones is 1. The van der Waals surface area contributed by atoms with Crippen LogP contribution in [-0.2, 0) is 28.5 Å². The summed E-state index contributed by atoms with van der Waals surface area (Å²) in [6.45, 7) is 12.5. The lowest BCUT2D eigenvalue weighted by Crippen LogP contribution is -2.71. The Labute approximate surface area is 185 Å². The van der Waals surface area contributed by atoms with Gasteiger partial charge >= 0.3 is 5.97 Å². The molecule has 8 atom stereocenters. The smallest absolute Gasteiger partial charge is 0.302 e. The summed E-state index contributed by atoms with van der Waals surface area (Å²) in [5, 5.41) is 11.1. The number of aliphatic hydroxyl groups is 1. The zero-order valence-corrected chi connectivity index (χ0v) is 19.7. The monoisotopic (exact) mass is 438 g/mol. The predicted molar refractivity (Wildman–Crippen MR) is 112 cm³/mol. The molecule has 2 aliphatic heterocycles. The van der Waals surface area contributed by atoms with Gasteiger partial charge < -0.3 is 24.1 Å². The van der Waals surface area contributed by atoms with Gasteiger partial charge in [-0.15, -0.1) is 0 Å². The van der Waals surface area contributed by atoms with Crippen LogP contribution in [0.25, 0.3) is 0 Å². The highest BCUT2D eigenvalue weighted by atomic mass is 16.7. The van der Waals surface area contributed by atoms with Gasteiger partial charge in [-0.3, -0.25) is 9.59 Å². The maximum Gasteiger partial charge on any atom is 0.302 e. The van der Waals surface area contributed by atoms with E-state index in [1.165, 1.54) is 6.92 Å². The minimum atomic E-state index is -1.10. The summed E-state index contributed by atoms with van der Waals surface area (Å²) in [5.74, 6) is -1.28. The van der Waals surface area contributed by atoms with Crippen molar-refractivity contribution in [1.82, 2.24) is 0 Å². The van der Waals surface area contributed by atoms with Gasteiger partial charge in [0.1, 0.15) is 12.2 Å². The Kier molecular flexibility index (Phi) is 5.60. The molecule has 7 heteroatoms. The van der Waals surface area contributed by atoms with E-state index in [1.54, 1.807) is 0 Å². The van der Waals surface area contributed by atoms with E-state index in [0.29, 0.717) is 32.5 Å². The highest BCUT2D eigenvalue weighted by molar-refractivity contribution is 5.89. The van der Waals surface area contributed by atoms with Crippen LogP contribution in [0.3, 0.4) is 0 Å². The minimum Gasteiger partial charge on any atom is -0.462 e. The van der Waals surface area contributed by atoms with Crippen LogP contribution in [0.2, 0.25) is 0 Å². The fourth-order valence-corrected chi connectivity index (χ4v) is 7.52. The first-order valence-electron chi connectivity index (χ1n) is 11.7. The Morgan fingerprint density at radius 2 is 1.94 bits per heavy atom. The number of rotatable bonds is 3. The second-order valence-electron chi connectivity index (χ2n) is 11.0. The molecule has 2 saturated carbocycles. The number of esters is 1. The van der Waals surface area contributed by atoms with Gasteiger partial charge in [-0.1, -0.05) is 27.7 Å². The van der Waals surface area contributed by atoms with E-state index in [-0.39, 0.29) is 30.1 Å². The Balaban J connectivity index is 1.71. The molecule has 0 aromatic heterocycles. The largest absolute Gasteiger partial charge is 0.462 e. The van der Waals surface area contributed by atoms with E-state index < -0.39 is 34.1 Å². The first-order chi connectivity index (χ1) is 14.4. The number of hydrogen-bond acceptors (Lipinski definition) is 7. The Bertz CT molecular complexity index is 750. The molecular weight excluding hydrogens is 400 g/mol. The molecule has 4 fully saturated rings. The summed E-state index contributed by atoms with van der Waals surface area (Å²) in [6.07, 6.45) is 1.88. The summed E-state index contributed by atoms with van der Waals surface area (Å²) in [5.41, 5.74) is -2.17. The van der Waals surface area contributed by atoms with Gasteiger partial charge in [-0.25, -0.2) is 0 Å². The van der Waals surface area contributed by atoms with Crippen molar-refractivity contribution in [1.29, 1.82) is 0 Å². The van der Waals surface area contributed by atoms with Gasteiger partial charge in [-0.2, -0.15) is 0 Å². The topological polar surface area (TPSA) is 91.3 Å². The van der Waals surface area contributed by atoms with Crippen LogP contribution in [0.5, 0.6) is 0 Å². The van der Waals surface area contributed by atoms with Gasteiger partial charge in [0, 0.05) is 42.6 Å². The molecule has 0 unspecified atom stereocenters. The molecule has 2 saturated heterocycles. The van der Waals surface area contributed by atoms with Crippen molar-refractivity contribution in [2.45, 2.75) is 103 Å². The maximum absolute atomic E-state index is 13.5. The normalized spacial score (nSPS) is 48.9. The van der Waals surface area contributed by atoms with Crippen LogP contribution < -0.4 is 0 Å². The number of Topliss-reactive ketones (excluding diaryl/α,β-unsaturated/α-hetero) is 1. The second-order valence-corrected chi connectivity index (χ2v) is 11.0. The average Bonchev–Trinajstić information content (AvgIpc) is 3.26. The molecule has 1 N–H and O–H groups in total. The summed E-state index contributed by atoms with van der Waals surface area (Å²) in [6, 6.07) is 0. The maximum atomic E-state index is 13.5. The van der Waals surface area contributed by atoms with E-state index in [1.807, 2.05) is 27.7 Å². The van der Waals surface area contributed by atoms with Crippen LogP contribution in [0.4, 0.5) is 0 Å². The summed E-state index contributed by atoms with van der Waals surface area (Å²) < 4.78 is 24.2. The van der Waals surface area contributed by atoms with Gasteiger partial charge in [0.2, 0.25) is 0 Å².